The number of hydrogen-bond donors (Lipinski definition) is 1. The molecule has 0 saturated carbocycles. The predicted molar refractivity (Wildman–Crippen MR) is 68.3 cm³/mol. The maximum absolute atomic E-state index is 13.1. The lowest BCUT2D eigenvalue weighted by Crippen LogP contribution is -2.35. The van der Waals surface area contributed by atoms with E-state index in [1.807, 2.05) is 17.8 Å². The van der Waals surface area contributed by atoms with Gasteiger partial charge in [-0.3, -0.25) is 0 Å². The quantitative estimate of drug-likeness (QED) is 0.868. The molecule has 0 amide bonds. The van der Waals surface area contributed by atoms with Crippen LogP contribution in [-0.4, -0.2) is 17.0 Å². The van der Waals surface area contributed by atoms with Gasteiger partial charge in [0.25, 0.3) is 0 Å². The van der Waals surface area contributed by atoms with Gasteiger partial charge in [-0.2, -0.15) is 11.8 Å². The molecular formula is C13H18FNS. The van der Waals surface area contributed by atoms with Crippen LogP contribution in [0.15, 0.2) is 24.3 Å². The maximum Gasteiger partial charge on any atom is 0.123 e. The highest BCUT2D eigenvalue weighted by Crippen LogP contribution is 2.28. The molecule has 1 fully saturated rings. The summed E-state index contributed by atoms with van der Waals surface area (Å²) in [6.07, 6.45) is 1.21. The molecule has 1 saturated heterocycles. The van der Waals surface area contributed by atoms with Crippen molar-refractivity contribution in [2.75, 3.05) is 5.75 Å². The Hall–Kier alpha value is -0.540. The van der Waals surface area contributed by atoms with Gasteiger partial charge in [-0.1, -0.05) is 19.1 Å². The first kappa shape index (κ1) is 11.9. The Balaban J connectivity index is 1.99. The van der Waals surface area contributed by atoms with E-state index in [9.17, 15) is 4.39 Å². The molecule has 3 heteroatoms. The molecule has 0 bridgehead atoms. The fraction of sp³-hybridized carbons (Fsp3) is 0.538. The Bertz CT molecular complexity index is 356. The van der Waals surface area contributed by atoms with E-state index in [1.54, 1.807) is 12.1 Å². The summed E-state index contributed by atoms with van der Waals surface area (Å²) in [6, 6.07) is 7.64. The second kappa shape index (κ2) is 5.19. The van der Waals surface area contributed by atoms with E-state index < -0.39 is 0 Å². The minimum atomic E-state index is -0.153. The first-order chi connectivity index (χ1) is 7.66. The highest BCUT2D eigenvalue weighted by molar-refractivity contribution is 8.00. The summed E-state index contributed by atoms with van der Waals surface area (Å²) in [7, 11) is 0. The lowest BCUT2D eigenvalue weighted by atomic mass is 10.1. The van der Waals surface area contributed by atoms with Crippen LogP contribution in [0.3, 0.4) is 0 Å². The third-order valence-electron chi connectivity index (χ3n) is 3.19. The fourth-order valence-electron chi connectivity index (χ4n) is 2.14. The third kappa shape index (κ3) is 2.77. The summed E-state index contributed by atoms with van der Waals surface area (Å²) in [5.74, 6) is 1.08. The highest BCUT2D eigenvalue weighted by Gasteiger charge is 2.25. The maximum atomic E-state index is 13.1. The van der Waals surface area contributed by atoms with Gasteiger partial charge in [-0.15, -0.1) is 0 Å². The van der Waals surface area contributed by atoms with Crippen molar-refractivity contribution in [2.24, 2.45) is 0 Å². The number of benzene rings is 1. The number of thioether (sulfide) groups is 1. The zero-order valence-electron chi connectivity index (χ0n) is 9.74. The van der Waals surface area contributed by atoms with Crippen molar-refractivity contribution in [2.45, 2.75) is 37.6 Å². The smallest absolute Gasteiger partial charge is 0.123 e. The van der Waals surface area contributed by atoms with Crippen molar-refractivity contribution < 1.29 is 4.39 Å². The Kier molecular flexibility index (Phi) is 3.87. The Morgan fingerprint density at radius 3 is 2.94 bits per heavy atom. The monoisotopic (exact) mass is 239 g/mol. The topological polar surface area (TPSA) is 12.0 Å². The van der Waals surface area contributed by atoms with Gasteiger partial charge >= 0.3 is 0 Å². The van der Waals surface area contributed by atoms with E-state index >= 15 is 0 Å². The first-order valence-electron chi connectivity index (χ1n) is 5.80. The summed E-state index contributed by atoms with van der Waals surface area (Å²) in [6.45, 7) is 4.36. The fourth-order valence-corrected chi connectivity index (χ4v) is 3.35. The summed E-state index contributed by atoms with van der Waals surface area (Å²) >= 11 is 2.01. The molecule has 0 radical (unpaired) electrons. The average Bonchev–Trinajstić information content (AvgIpc) is 2.64. The molecule has 1 aliphatic heterocycles. The van der Waals surface area contributed by atoms with Crippen LogP contribution in [0.25, 0.3) is 0 Å². The molecule has 1 aromatic rings. The van der Waals surface area contributed by atoms with Crippen molar-refractivity contribution in [3.8, 4) is 0 Å². The van der Waals surface area contributed by atoms with Gasteiger partial charge in [0.15, 0.2) is 0 Å². The summed E-state index contributed by atoms with van der Waals surface area (Å²) in [5.41, 5.74) is 1.03. The van der Waals surface area contributed by atoms with Crippen molar-refractivity contribution >= 4 is 11.8 Å². The van der Waals surface area contributed by atoms with Gasteiger partial charge in [0.2, 0.25) is 0 Å². The standard InChI is InChI=1S/C13H18FNS/c1-9(11-4-3-5-12(14)8-11)15-13-6-7-16-10(13)2/h3-5,8-10,13,15H,6-7H2,1-2H3/t9-,10?,13?/m0/s1. The van der Waals surface area contributed by atoms with E-state index in [2.05, 4.69) is 19.2 Å². The lowest BCUT2D eigenvalue weighted by Gasteiger charge is -2.22. The van der Waals surface area contributed by atoms with Crippen molar-refractivity contribution in [3.63, 3.8) is 0 Å². The van der Waals surface area contributed by atoms with Crippen LogP contribution in [0.1, 0.15) is 31.9 Å². The summed E-state index contributed by atoms with van der Waals surface area (Å²) in [5, 5.41) is 4.25. The molecule has 16 heavy (non-hydrogen) atoms. The van der Waals surface area contributed by atoms with Crippen LogP contribution in [-0.2, 0) is 0 Å². The van der Waals surface area contributed by atoms with Crippen molar-refractivity contribution in [3.05, 3.63) is 35.6 Å². The SMILES string of the molecule is CC1SCCC1N[C@@H](C)c1cccc(F)c1. The molecule has 1 N–H and O–H groups in total. The molecule has 0 spiro atoms. The zero-order chi connectivity index (χ0) is 11.5. The second-order valence-electron chi connectivity index (χ2n) is 4.41. The Morgan fingerprint density at radius 2 is 2.31 bits per heavy atom. The summed E-state index contributed by atoms with van der Waals surface area (Å²) in [4.78, 5) is 0. The average molecular weight is 239 g/mol. The van der Waals surface area contributed by atoms with Gasteiger partial charge in [0.1, 0.15) is 5.82 Å². The van der Waals surface area contributed by atoms with Crippen LogP contribution >= 0.6 is 11.8 Å². The van der Waals surface area contributed by atoms with Crippen LogP contribution in [0, 0.1) is 5.82 Å². The summed E-state index contributed by atoms with van der Waals surface area (Å²) < 4.78 is 13.1. The first-order valence-corrected chi connectivity index (χ1v) is 6.85. The molecule has 3 atom stereocenters. The number of rotatable bonds is 3. The van der Waals surface area contributed by atoms with Crippen LogP contribution in [0.4, 0.5) is 4.39 Å². The molecule has 2 rings (SSSR count). The molecule has 2 unspecified atom stereocenters. The molecule has 88 valence electrons. The molecular weight excluding hydrogens is 221 g/mol. The second-order valence-corrected chi connectivity index (χ2v) is 5.90. The number of hydrogen-bond acceptors (Lipinski definition) is 2. The predicted octanol–water partition coefficient (Wildman–Crippen LogP) is 3.37. The van der Waals surface area contributed by atoms with Gasteiger partial charge in [-0.05, 0) is 36.8 Å². The van der Waals surface area contributed by atoms with E-state index in [1.165, 1.54) is 18.2 Å². The third-order valence-corrected chi connectivity index (χ3v) is 4.51. The minimum absolute atomic E-state index is 0.153. The Morgan fingerprint density at radius 1 is 1.50 bits per heavy atom. The number of nitrogens with one attached hydrogen (secondary N) is 1. The lowest BCUT2D eigenvalue weighted by molar-refractivity contribution is 0.452. The molecule has 1 aromatic carbocycles. The van der Waals surface area contributed by atoms with Crippen LogP contribution < -0.4 is 5.32 Å². The van der Waals surface area contributed by atoms with Gasteiger partial charge in [-0.25, -0.2) is 4.39 Å². The molecule has 1 aliphatic rings. The molecule has 0 aliphatic carbocycles. The van der Waals surface area contributed by atoms with Gasteiger partial charge < -0.3 is 5.32 Å². The van der Waals surface area contributed by atoms with Gasteiger partial charge in [0, 0.05) is 17.3 Å². The van der Waals surface area contributed by atoms with Gasteiger partial charge in [0.05, 0.1) is 0 Å². The van der Waals surface area contributed by atoms with Crippen LogP contribution in [0.2, 0.25) is 0 Å². The van der Waals surface area contributed by atoms with Crippen LogP contribution in [0.5, 0.6) is 0 Å². The normalized spacial score (nSPS) is 26.9. The number of halogens is 1. The van der Waals surface area contributed by atoms with E-state index in [4.69, 9.17) is 0 Å². The van der Waals surface area contributed by atoms with E-state index in [-0.39, 0.29) is 11.9 Å². The highest BCUT2D eigenvalue weighted by atomic mass is 32.2. The van der Waals surface area contributed by atoms with Crippen molar-refractivity contribution in [1.82, 2.24) is 5.32 Å². The molecule has 1 heterocycles. The minimum Gasteiger partial charge on any atom is -0.306 e. The Labute approximate surface area is 101 Å². The largest absolute Gasteiger partial charge is 0.306 e. The van der Waals surface area contributed by atoms with E-state index in [0.717, 1.165) is 5.56 Å². The van der Waals surface area contributed by atoms with Crippen molar-refractivity contribution in [1.29, 1.82) is 0 Å². The van der Waals surface area contributed by atoms with E-state index in [0.29, 0.717) is 11.3 Å². The molecule has 0 aromatic heterocycles. The molecule has 1 nitrogen and oxygen atoms in total. The zero-order valence-corrected chi connectivity index (χ0v) is 10.6.